The van der Waals surface area contributed by atoms with Crippen molar-refractivity contribution in [1.82, 2.24) is 25.1 Å². The first-order valence-electron chi connectivity index (χ1n) is 8.66. The third-order valence-electron chi connectivity index (χ3n) is 4.92. The van der Waals surface area contributed by atoms with E-state index in [1.165, 1.54) is 6.07 Å². The molecule has 0 spiro atoms. The Balaban J connectivity index is 1.67. The maximum atomic E-state index is 13.6. The van der Waals surface area contributed by atoms with Crippen LogP contribution in [0.1, 0.15) is 29.6 Å². The van der Waals surface area contributed by atoms with Crippen molar-refractivity contribution in [2.45, 2.75) is 39.4 Å². The third-order valence-corrected chi connectivity index (χ3v) is 5.82. The number of aromatic nitrogens is 4. The maximum Gasteiger partial charge on any atom is 0.143 e. The summed E-state index contributed by atoms with van der Waals surface area (Å²) in [4.78, 5) is 11.6. The van der Waals surface area contributed by atoms with Crippen LogP contribution in [0.3, 0.4) is 0 Å². The Hall–Kier alpha value is -2.02. The smallest absolute Gasteiger partial charge is 0.143 e. The first-order chi connectivity index (χ1) is 12.9. The Morgan fingerprint density at radius 1 is 1.22 bits per heavy atom. The fourth-order valence-electron chi connectivity index (χ4n) is 3.50. The van der Waals surface area contributed by atoms with E-state index in [1.807, 2.05) is 13.0 Å². The Morgan fingerprint density at radius 3 is 2.78 bits per heavy atom. The molecule has 0 aliphatic carbocycles. The van der Waals surface area contributed by atoms with E-state index in [1.54, 1.807) is 12.3 Å². The molecule has 2 aromatic heterocycles. The molecule has 0 saturated carbocycles. The number of H-pyrrole nitrogens is 1. The molecule has 1 N–H and O–H groups in total. The highest BCUT2D eigenvalue weighted by atomic mass is 35.5. The zero-order valence-electron chi connectivity index (χ0n) is 14.9. The van der Waals surface area contributed by atoms with Gasteiger partial charge in [0.1, 0.15) is 11.6 Å². The van der Waals surface area contributed by atoms with Crippen LogP contribution in [-0.4, -0.2) is 31.1 Å². The van der Waals surface area contributed by atoms with E-state index in [0.717, 1.165) is 40.5 Å². The molecule has 27 heavy (non-hydrogen) atoms. The van der Waals surface area contributed by atoms with E-state index in [4.69, 9.17) is 23.2 Å². The number of rotatable bonds is 3. The predicted molar refractivity (Wildman–Crippen MR) is 103 cm³/mol. The van der Waals surface area contributed by atoms with Crippen LogP contribution >= 0.6 is 23.2 Å². The second-order valence-corrected chi connectivity index (χ2v) is 7.56. The van der Waals surface area contributed by atoms with Gasteiger partial charge in [-0.25, -0.2) is 14.4 Å². The van der Waals surface area contributed by atoms with Crippen molar-refractivity contribution in [1.29, 1.82) is 0 Å². The van der Waals surface area contributed by atoms with Gasteiger partial charge in [-0.3, -0.25) is 10.00 Å². The second kappa shape index (κ2) is 7.19. The summed E-state index contributed by atoms with van der Waals surface area (Å²) in [6.07, 6.45) is 2.52. The topological polar surface area (TPSA) is 57.7 Å². The summed E-state index contributed by atoms with van der Waals surface area (Å²) in [6.45, 7) is 5.27. The van der Waals surface area contributed by atoms with E-state index < -0.39 is 5.82 Å². The first kappa shape index (κ1) is 18.3. The van der Waals surface area contributed by atoms with Crippen LogP contribution < -0.4 is 0 Å². The fourth-order valence-corrected chi connectivity index (χ4v) is 3.90. The standard InChI is InChI=1S/C19H18Cl2FN5/c1-10-7-13-16(24-11(2)25-19(13)15-5-6-23-26-15)9-27(10)8-12-3-4-14(22)18(21)17(12)20/h3-6,10H,7-9H2,1-2H3,(H,23,26)/t10-/m0/s1. The lowest BCUT2D eigenvalue weighted by Crippen LogP contribution is -2.39. The van der Waals surface area contributed by atoms with Gasteiger partial charge in [0.2, 0.25) is 0 Å². The van der Waals surface area contributed by atoms with Crippen molar-refractivity contribution in [3.63, 3.8) is 0 Å². The highest BCUT2D eigenvalue weighted by Gasteiger charge is 2.28. The zero-order chi connectivity index (χ0) is 19.1. The molecule has 5 nitrogen and oxygen atoms in total. The maximum absolute atomic E-state index is 13.6. The van der Waals surface area contributed by atoms with E-state index in [-0.39, 0.29) is 16.1 Å². The molecular weight excluding hydrogens is 388 g/mol. The zero-order valence-corrected chi connectivity index (χ0v) is 16.4. The molecule has 4 rings (SSSR count). The van der Waals surface area contributed by atoms with Gasteiger partial charge in [0.05, 0.1) is 27.1 Å². The Labute approximate surface area is 166 Å². The highest BCUT2D eigenvalue weighted by molar-refractivity contribution is 6.42. The largest absolute Gasteiger partial charge is 0.290 e. The number of fused-ring (bicyclic) bond motifs is 1. The van der Waals surface area contributed by atoms with Gasteiger partial charge in [0.25, 0.3) is 0 Å². The van der Waals surface area contributed by atoms with Crippen LogP contribution in [0.5, 0.6) is 0 Å². The first-order valence-corrected chi connectivity index (χ1v) is 9.42. The predicted octanol–water partition coefficient (Wildman–Crippen LogP) is 4.57. The Kier molecular flexibility index (Phi) is 4.88. The van der Waals surface area contributed by atoms with Crippen molar-refractivity contribution in [3.8, 4) is 11.4 Å². The van der Waals surface area contributed by atoms with E-state index in [9.17, 15) is 4.39 Å². The number of halogens is 3. The molecule has 3 aromatic rings. The summed E-state index contributed by atoms with van der Waals surface area (Å²) in [5, 5.41) is 7.27. The Bertz CT molecular complexity index is 990. The van der Waals surface area contributed by atoms with Gasteiger partial charge in [-0.05, 0) is 38.0 Å². The molecule has 1 aromatic carbocycles. The lowest BCUT2D eigenvalue weighted by molar-refractivity contribution is 0.172. The summed E-state index contributed by atoms with van der Waals surface area (Å²) in [5.41, 5.74) is 4.74. The molecule has 8 heteroatoms. The van der Waals surface area contributed by atoms with E-state index in [0.29, 0.717) is 13.1 Å². The van der Waals surface area contributed by atoms with Crippen LogP contribution in [0.25, 0.3) is 11.4 Å². The van der Waals surface area contributed by atoms with Gasteiger partial charge in [0, 0.05) is 30.9 Å². The second-order valence-electron chi connectivity index (χ2n) is 6.81. The van der Waals surface area contributed by atoms with Gasteiger partial charge in [0.15, 0.2) is 0 Å². The number of benzene rings is 1. The molecule has 3 heterocycles. The normalized spacial score (nSPS) is 17.1. The van der Waals surface area contributed by atoms with Gasteiger partial charge in [-0.1, -0.05) is 29.3 Å². The van der Waals surface area contributed by atoms with Crippen LogP contribution in [0, 0.1) is 12.7 Å². The monoisotopic (exact) mass is 405 g/mol. The molecule has 0 saturated heterocycles. The Morgan fingerprint density at radius 2 is 2.04 bits per heavy atom. The van der Waals surface area contributed by atoms with Crippen LogP contribution in [0.15, 0.2) is 24.4 Å². The molecule has 0 unspecified atom stereocenters. The van der Waals surface area contributed by atoms with Gasteiger partial charge < -0.3 is 0 Å². The summed E-state index contributed by atoms with van der Waals surface area (Å²) in [5.74, 6) is 0.214. The van der Waals surface area contributed by atoms with Crippen LogP contribution in [0.4, 0.5) is 4.39 Å². The molecule has 0 amide bonds. The van der Waals surface area contributed by atoms with Crippen molar-refractivity contribution in [3.05, 3.63) is 62.9 Å². The fraction of sp³-hybridized carbons (Fsp3) is 0.316. The number of aromatic amines is 1. The number of nitrogens with one attached hydrogen (secondary N) is 1. The summed E-state index contributed by atoms with van der Waals surface area (Å²) >= 11 is 12.2. The molecule has 140 valence electrons. The highest BCUT2D eigenvalue weighted by Crippen LogP contribution is 2.33. The number of hydrogen-bond acceptors (Lipinski definition) is 4. The molecular formula is C19H18Cl2FN5. The summed E-state index contributed by atoms with van der Waals surface area (Å²) < 4.78 is 13.6. The molecule has 0 radical (unpaired) electrons. The van der Waals surface area contributed by atoms with Gasteiger partial charge >= 0.3 is 0 Å². The van der Waals surface area contributed by atoms with Crippen molar-refractivity contribution >= 4 is 23.2 Å². The average molecular weight is 406 g/mol. The van der Waals surface area contributed by atoms with E-state index >= 15 is 0 Å². The molecule has 0 fully saturated rings. The molecule has 0 bridgehead atoms. The minimum Gasteiger partial charge on any atom is -0.290 e. The van der Waals surface area contributed by atoms with E-state index in [2.05, 4.69) is 32.0 Å². The van der Waals surface area contributed by atoms with Crippen LogP contribution in [0.2, 0.25) is 10.0 Å². The summed E-state index contributed by atoms with van der Waals surface area (Å²) in [7, 11) is 0. The lowest BCUT2D eigenvalue weighted by Gasteiger charge is -2.35. The minimum atomic E-state index is -0.505. The lowest BCUT2D eigenvalue weighted by atomic mass is 9.95. The molecule has 1 aliphatic rings. The van der Waals surface area contributed by atoms with Gasteiger partial charge in [-0.2, -0.15) is 5.10 Å². The minimum absolute atomic E-state index is 0.0288. The summed E-state index contributed by atoms with van der Waals surface area (Å²) in [6, 6.07) is 5.20. The third kappa shape index (κ3) is 3.45. The number of nitrogens with zero attached hydrogens (tertiary/aromatic N) is 4. The molecule has 1 aliphatic heterocycles. The SMILES string of the molecule is Cc1nc2c(c(-c3ccn[nH]3)n1)C[C@H](C)N(Cc1ccc(F)c(Cl)c1Cl)C2. The number of hydrogen-bond donors (Lipinski definition) is 1. The quantitative estimate of drug-likeness (QED) is 0.648. The van der Waals surface area contributed by atoms with Crippen molar-refractivity contribution in [2.24, 2.45) is 0 Å². The van der Waals surface area contributed by atoms with Crippen molar-refractivity contribution < 1.29 is 4.39 Å². The van der Waals surface area contributed by atoms with Gasteiger partial charge in [-0.15, -0.1) is 0 Å². The van der Waals surface area contributed by atoms with Crippen LogP contribution in [-0.2, 0) is 19.5 Å². The average Bonchev–Trinajstić information content (AvgIpc) is 3.17. The number of aryl methyl sites for hydroxylation is 1. The van der Waals surface area contributed by atoms with Crippen molar-refractivity contribution in [2.75, 3.05) is 0 Å². The molecule has 1 atom stereocenters.